The van der Waals surface area contributed by atoms with Crippen LogP contribution in [-0.4, -0.2) is 31.3 Å². The van der Waals surface area contributed by atoms with Gasteiger partial charge in [-0.3, -0.25) is 0 Å². The third kappa shape index (κ3) is 5.03. The van der Waals surface area contributed by atoms with Gasteiger partial charge in [0.25, 0.3) is 0 Å². The summed E-state index contributed by atoms with van der Waals surface area (Å²) in [7, 11) is -3.23. The quantitative estimate of drug-likeness (QED) is 0.252. The van der Waals surface area contributed by atoms with Gasteiger partial charge in [-0.2, -0.15) is 0 Å². The highest BCUT2D eigenvalue weighted by molar-refractivity contribution is 7.89. The molecule has 0 aliphatic carbocycles. The van der Waals surface area contributed by atoms with Crippen molar-refractivity contribution in [1.82, 2.24) is 4.72 Å². The number of nitrogens with one attached hydrogen (secondary N) is 1. The fourth-order valence-corrected chi connectivity index (χ4v) is 1.82. The topological polar surface area (TPSA) is 105 Å². The zero-order valence-electron chi connectivity index (χ0n) is 8.40. The largest absolute Gasteiger partial charge is 0.409 e. The van der Waals surface area contributed by atoms with E-state index in [4.69, 9.17) is 10.9 Å². The molecular weight excluding hydrogens is 206 g/mol. The van der Waals surface area contributed by atoms with Crippen LogP contribution < -0.4 is 10.5 Å². The Bertz CT molecular complexity index is 287. The predicted octanol–water partition coefficient (Wildman–Crippen LogP) is -0.159. The predicted molar refractivity (Wildman–Crippen MR) is 54.7 cm³/mol. The van der Waals surface area contributed by atoms with Gasteiger partial charge in [-0.05, 0) is 13.3 Å². The maximum absolute atomic E-state index is 11.2. The number of nitrogens with zero attached hydrogens (tertiary/aromatic N) is 1. The van der Waals surface area contributed by atoms with Crippen LogP contribution >= 0.6 is 0 Å². The van der Waals surface area contributed by atoms with Gasteiger partial charge in [0.15, 0.2) is 0 Å². The highest BCUT2D eigenvalue weighted by Crippen LogP contribution is 2.00. The van der Waals surface area contributed by atoms with E-state index in [0.29, 0.717) is 6.42 Å². The summed E-state index contributed by atoms with van der Waals surface area (Å²) in [6.07, 6.45) is 0.807. The van der Waals surface area contributed by atoms with Crippen molar-refractivity contribution in [2.75, 3.05) is 5.75 Å². The van der Waals surface area contributed by atoms with Crippen LogP contribution in [0, 0.1) is 0 Å². The van der Waals surface area contributed by atoms with Crippen molar-refractivity contribution in [2.45, 2.75) is 32.7 Å². The molecule has 0 saturated carbocycles. The Kier molecular flexibility index (Phi) is 5.47. The van der Waals surface area contributed by atoms with Crippen LogP contribution in [0.3, 0.4) is 0 Å². The molecule has 6 nitrogen and oxygen atoms in total. The summed E-state index contributed by atoms with van der Waals surface area (Å²) < 4.78 is 24.8. The summed E-state index contributed by atoms with van der Waals surface area (Å²) in [6, 6.07) is -0.309. The van der Waals surface area contributed by atoms with Gasteiger partial charge >= 0.3 is 0 Å². The SMILES string of the molecule is CCC(CC(N)=NO)NS(=O)(=O)CC. The second-order valence-corrected chi connectivity index (χ2v) is 4.96. The van der Waals surface area contributed by atoms with Crippen molar-refractivity contribution >= 4 is 15.9 Å². The van der Waals surface area contributed by atoms with E-state index >= 15 is 0 Å². The number of oxime groups is 1. The molecule has 0 fully saturated rings. The van der Waals surface area contributed by atoms with E-state index in [2.05, 4.69) is 9.88 Å². The smallest absolute Gasteiger partial charge is 0.211 e. The van der Waals surface area contributed by atoms with Crippen LogP contribution in [0.5, 0.6) is 0 Å². The molecule has 0 aromatic rings. The first-order chi connectivity index (χ1) is 6.45. The van der Waals surface area contributed by atoms with Crippen LogP contribution in [0.4, 0.5) is 0 Å². The van der Waals surface area contributed by atoms with Crippen molar-refractivity contribution in [3.8, 4) is 0 Å². The Hall–Kier alpha value is -0.820. The number of amidine groups is 1. The summed E-state index contributed by atoms with van der Waals surface area (Å²) >= 11 is 0. The van der Waals surface area contributed by atoms with Gasteiger partial charge in [0.05, 0.1) is 5.75 Å². The molecule has 0 amide bonds. The van der Waals surface area contributed by atoms with Gasteiger partial charge in [-0.15, -0.1) is 0 Å². The van der Waals surface area contributed by atoms with Crippen LogP contribution in [0.2, 0.25) is 0 Å². The van der Waals surface area contributed by atoms with Crippen LogP contribution in [0.1, 0.15) is 26.7 Å². The van der Waals surface area contributed by atoms with Crippen molar-refractivity contribution in [3.63, 3.8) is 0 Å². The van der Waals surface area contributed by atoms with E-state index in [0.717, 1.165) is 0 Å². The lowest BCUT2D eigenvalue weighted by molar-refractivity contribution is 0.316. The van der Waals surface area contributed by atoms with Crippen molar-refractivity contribution in [1.29, 1.82) is 0 Å². The highest BCUT2D eigenvalue weighted by atomic mass is 32.2. The van der Waals surface area contributed by atoms with Gasteiger partial charge in [-0.1, -0.05) is 12.1 Å². The second-order valence-electron chi connectivity index (χ2n) is 2.92. The lowest BCUT2D eigenvalue weighted by atomic mass is 10.1. The number of sulfonamides is 1. The normalized spacial score (nSPS) is 15.4. The van der Waals surface area contributed by atoms with E-state index < -0.39 is 10.0 Å². The highest BCUT2D eigenvalue weighted by Gasteiger charge is 2.15. The first kappa shape index (κ1) is 13.2. The second kappa shape index (κ2) is 5.82. The molecule has 0 saturated heterocycles. The van der Waals surface area contributed by atoms with Crippen LogP contribution in [0.25, 0.3) is 0 Å². The fraction of sp³-hybridized carbons (Fsp3) is 0.857. The van der Waals surface area contributed by atoms with Gasteiger partial charge in [-0.25, -0.2) is 13.1 Å². The molecule has 1 unspecified atom stereocenters. The number of nitrogens with two attached hydrogens (primary N) is 1. The third-order valence-electron chi connectivity index (χ3n) is 1.80. The Labute approximate surface area is 84.2 Å². The summed E-state index contributed by atoms with van der Waals surface area (Å²) in [6.45, 7) is 3.38. The first-order valence-electron chi connectivity index (χ1n) is 4.41. The lowest BCUT2D eigenvalue weighted by Gasteiger charge is -2.15. The molecular formula is C7H17N3O3S. The zero-order chi connectivity index (χ0) is 11.2. The Morgan fingerprint density at radius 2 is 2.14 bits per heavy atom. The molecule has 84 valence electrons. The standard InChI is InChI=1S/C7H17N3O3S/c1-3-6(5-7(8)9-11)10-14(12,13)4-2/h6,10-11H,3-5H2,1-2H3,(H2,8,9). The minimum Gasteiger partial charge on any atom is -0.409 e. The molecule has 0 radical (unpaired) electrons. The fourth-order valence-electron chi connectivity index (χ4n) is 0.900. The summed E-state index contributed by atoms with van der Waals surface area (Å²) in [5.74, 6) is 0.0512. The molecule has 0 spiro atoms. The maximum atomic E-state index is 11.2. The maximum Gasteiger partial charge on any atom is 0.211 e. The molecule has 14 heavy (non-hydrogen) atoms. The van der Waals surface area contributed by atoms with E-state index in [1.165, 1.54) is 0 Å². The summed E-state index contributed by atoms with van der Waals surface area (Å²) in [5, 5.41) is 11.1. The van der Waals surface area contributed by atoms with Gasteiger partial charge < -0.3 is 10.9 Å². The molecule has 1 atom stereocenters. The Balaban J connectivity index is 4.31. The van der Waals surface area contributed by atoms with Gasteiger partial charge in [0.1, 0.15) is 5.84 Å². The molecule has 7 heteroatoms. The third-order valence-corrected chi connectivity index (χ3v) is 3.26. The van der Waals surface area contributed by atoms with E-state index in [-0.39, 0.29) is 24.1 Å². The van der Waals surface area contributed by atoms with Gasteiger partial charge in [0, 0.05) is 12.5 Å². The van der Waals surface area contributed by atoms with Crippen LogP contribution in [0.15, 0.2) is 5.16 Å². The monoisotopic (exact) mass is 223 g/mol. The van der Waals surface area contributed by atoms with Crippen molar-refractivity contribution in [2.24, 2.45) is 10.9 Å². The van der Waals surface area contributed by atoms with Crippen molar-refractivity contribution < 1.29 is 13.6 Å². The molecule has 4 N–H and O–H groups in total. The average Bonchev–Trinajstić information content (AvgIpc) is 2.16. The average molecular weight is 223 g/mol. The minimum absolute atomic E-state index is 0.0238. The molecule has 0 aromatic heterocycles. The lowest BCUT2D eigenvalue weighted by Crippen LogP contribution is -2.38. The minimum atomic E-state index is -3.23. The molecule has 0 aliphatic rings. The number of hydrogen-bond acceptors (Lipinski definition) is 4. The molecule has 0 aromatic carbocycles. The van der Waals surface area contributed by atoms with Crippen molar-refractivity contribution in [3.05, 3.63) is 0 Å². The Morgan fingerprint density at radius 3 is 2.50 bits per heavy atom. The molecule has 0 heterocycles. The zero-order valence-corrected chi connectivity index (χ0v) is 9.21. The summed E-state index contributed by atoms with van der Waals surface area (Å²) in [4.78, 5) is 0. The van der Waals surface area contributed by atoms with Crippen LogP contribution in [-0.2, 0) is 10.0 Å². The molecule has 0 aliphatic heterocycles. The van der Waals surface area contributed by atoms with E-state index in [9.17, 15) is 8.42 Å². The molecule has 0 rings (SSSR count). The van der Waals surface area contributed by atoms with E-state index in [1.807, 2.05) is 6.92 Å². The molecule has 0 bridgehead atoms. The summed E-state index contributed by atoms with van der Waals surface area (Å²) in [5.41, 5.74) is 5.27. The number of rotatable bonds is 6. The van der Waals surface area contributed by atoms with Gasteiger partial charge in [0.2, 0.25) is 10.0 Å². The van der Waals surface area contributed by atoms with E-state index in [1.54, 1.807) is 6.92 Å². The number of hydrogen-bond donors (Lipinski definition) is 3. The first-order valence-corrected chi connectivity index (χ1v) is 6.06. The Morgan fingerprint density at radius 1 is 1.57 bits per heavy atom.